The van der Waals surface area contributed by atoms with E-state index in [0.29, 0.717) is 6.42 Å². The van der Waals surface area contributed by atoms with Gasteiger partial charge in [-0.05, 0) is 6.42 Å². The van der Waals surface area contributed by atoms with Crippen LogP contribution in [0.3, 0.4) is 0 Å². The monoisotopic (exact) mass is 458 g/mol. The van der Waals surface area contributed by atoms with Gasteiger partial charge in [0.25, 0.3) is 0 Å². The highest BCUT2D eigenvalue weighted by molar-refractivity contribution is 7.80. The Hall–Kier alpha value is -0.820. The molecule has 2 atom stereocenters. The zero-order valence-electron chi connectivity index (χ0n) is 17.6. The van der Waals surface area contributed by atoms with Crippen LogP contribution in [0.4, 0.5) is 0 Å². The van der Waals surface area contributed by atoms with Crippen LogP contribution in [-0.2, 0) is 19.4 Å². The van der Waals surface area contributed by atoms with Crippen LogP contribution in [0.15, 0.2) is 0 Å². The van der Waals surface area contributed by atoms with Gasteiger partial charge in [-0.1, -0.05) is 64.7 Å². The van der Waals surface area contributed by atoms with E-state index in [1.165, 1.54) is 44.9 Å². The van der Waals surface area contributed by atoms with E-state index in [4.69, 9.17) is 25.0 Å². The lowest BCUT2D eigenvalue weighted by atomic mass is 9.80. The van der Waals surface area contributed by atoms with Gasteiger partial charge in [-0.3, -0.25) is 4.55 Å². The maximum atomic E-state index is 10.5. The first kappa shape index (κ1) is 29.2. The number of aliphatic carboxylic acids is 1. The molecule has 180 valence electrons. The number of aliphatic hydroxyl groups excluding tert-OH is 3. The molecule has 1 aliphatic carbocycles. The third-order valence-corrected chi connectivity index (χ3v) is 5.47. The van der Waals surface area contributed by atoms with Crippen LogP contribution in [0.5, 0.6) is 0 Å². The van der Waals surface area contributed by atoms with E-state index in [1.807, 2.05) is 0 Å². The Balaban J connectivity index is 0.000000579. The molecule has 0 saturated heterocycles. The Morgan fingerprint density at radius 1 is 0.900 bits per heavy atom. The summed E-state index contributed by atoms with van der Waals surface area (Å²) >= 11 is 0. The highest BCUT2D eigenvalue weighted by Crippen LogP contribution is 2.29. The van der Waals surface area contributed by atoms with Crippen LogP contribution < -0.4 is 0 Å². The Labute approximate surface area is 178 Å². The fraction of sp³-hybridized carbons (Fsp3) is 0.947. The van der Waals surface area contributed by atoms with Crippen LogP contribution in [0.1, 0.15) is 84.0 Å². The molecule has 0 radical (unpaired) electrons. The summed E-state index contributed by atoms with van der Waals surface area (Å²) in [4.78, 5) is 10.5. The smallest absolute Gasteiger partial charge is 0.397 e. The van der Waals surface area contributed by atoms with Crippen molar-refractivity contribution in [1.82, 2.24) is 0 Å². The summed E-state index contributed by atoms with van der Waals surface area (Å²) in [5, 5.41) is 45.2. The lowest BCUT2D eigenvalue weighted by Crippen LogP contribution is -2.56. The molecule has 0 spiro atoms. The average molecular weight is 459 g/mol. The number of rotatable bonds is 13. The van der Waals surface area contributed by atoms with Crippen molar-refractivity contribution in [3.05, 3.63) is 0 Å². The quantitative estimate of drug-likeness (QED) is 0.174. The molecule has 0 aromatic carbocycles. The summed E-state index contributed by atoms with van der Waals surface area (Å²) in [6, 6.07) is 0. The van der Waals surface area contributed by atoms with Gasteiger partial charge in [0.05, 0.1) is 18.8 Å². The van der Waals surface area contributed by atoms with E-state index in [2.05, 4.69) is 11.1 Å². The summed E-state index contributed by atoms with van der Waals surface area (Å²) in [6.07, 6.45) is 6.69. The lowest BCUT2D eigenvalue weighted by molar-refractivity contribution is -0.187. The molecule has 10 nitrogen and oxygen atoms in total. The van der Waals surface area contributed by atoms with Gasteiger partial charge in [0, 0.05) is 12.8 Å². The van der Waals surface area contributed by atoms with Crippen LogP contribution in [0, 0.1) is 0 Å². The van der Waals surface area contributed by atoms with Crippen LogP contribution in [0.2, 0.25) is 0 Å². The van der Waals surface area contributed by atoms with E-state index in [0.717, 1.165) is 12.8 Å². The molecule has 1 fully saturated rings. The Kier molecular flexibility index (Phi) is 14.6. The number of unbranched alkanes of at least 4 members (excludes halogenated alkanes) is 9. The van der Waals surface area contributed by atoms with Gasteiger partial charge in [0.2, 0.25) is 0 Å². The normalized spacial score (nSPS) is 26.7. The number of hydrogen-bond acceptors (Lipinski definition) is 8. The molecular formula is C19H38O10S. The highest BCUT2D eigenvalue weighted by atomic mass is 32.3. The minimum Gasteiger partial charge on any atom is -0.479 e. The van der Waals surface area contributed by atoms with Gasteiger partial charge in [-0.2, -0.15) is 8.42 Å². The van der Waals surface area contributed by atoms with Gasteiger partial charge < -0.3 is 25.5 Å². The van der Waals surface area contributed by atoms with E-state index < -0.39 is 53.1 Å². The summed E-state index contributed by atoms with van der Waals surface area (Å²) < 4.78 is 33.0. The zero-order valence-corrected chi connectivity index (χ0v) is 18.5. The molecular weight excluding hydrogens is 420 g/mol. The second-order valence-corrected chi connectivity index (χ2v) is 8.89. The maximum Gasteiger partial charge on any atom is 0.397 e. The van der Waals surface area contributed by atoms with Gasteiger partial charge in [-0.25, -0.2) is 8.98 Å². The molecule has 0 amide bonds. The van der Waals surface area contributed by atoms with E-state index in [-0.39, 0.29) is 6.61 Å². The maximum absolute atomic E-state index is 10.5. The third-order valence-electron chi connectivity index (χ3n) is 5.01. The topological polar surface area (TPSA) is 182 Å². The minimum absolute atomic E-state index is 0.0926. The number of hydrogen-bond donors (Lipinski definition) is 6. The fourth-order valence-electron chi connectivity index (χ4n) is 3.20. The molecule has 0 heterocycles. The van der Waals surface area contributed by atoms with Crippen molar-refractivity contribution in [3.63, 3.8) is 0 Å². The molecule has 30 heavy (non-hydrogen) atoms. The van der Waals surface area contributed by atoms with Gasteiger partial charge in [0.1, 0.15) is 6.10 Å². The minimum atomic E-state index is -4.23. The molecule has 0 aromatic rings. The molecule has 0 bridgehead atoms. The van der Waals surface area contributed by atoms with Crippen molar-refractivity contribution < 1.29 is 47.5 Å². The third kappa shape index (κ3) is 13.5. The first-order chi connectivity index (χ1) is 13.9. The molecule has 0 unspecified atom stereocenters. The SMILES string of the molecule is CCCCCCCCCCCCOS(=O)(=O)O.O=C(O)C1(O)C[C@@H](O)C(O)[C@H](O)C1. The van der Waals surface area contributed by atoms with Gasteiger partial charge >= 0.3 is 16.4 Å². The molecule has 0 aromatic heterocycles. The fourth-order valence-corrected chi connectivity index (χ4v) is 3.53. The Morgan fingerprint density at radius 2 is 1.30 bits per heavy atom. The lowest BCUT2D eigenvalue weighted by Gasteiger charge is -2.37. The highest BCUT2D eigenvalue weighted by Gasteiger charge is 2.48. The van der Waals surface area contributed by atoms with Crippen molar-refractivity contribution in [2.75, 3.05) is 6.61 Å². The van der Waals surface area contributed by atoms with Gasteiger partial charge in [0.15, 0.2) is 5.60 Å². The summed E-state index contributed by atoms with van der Waals surface area (Å²) in [6.45, 7) is 2.31. The van der Waals surface area contributed by atoms with Crippen LogP contribution in [-0.4, -0.2) is 75.0 Å². The molecule has 0 aliphatic heterocycles. The predicted molar refractivity (Wildman–Crippen MR) is 109 cm³/mol. The Morgan fingerprint density at radius 3 is 1.67 bits per heavy atom. The summed E-state index contributed by atoms with van der Waals surface area (Å²) in [7, 11) is -4.23. The van der Waals surface area contributed by atoms with Crippen LogP contribution >= 0.6 is 0 Å². The molecule has 1 aliphatic rings. The number of carboxylic acids is 1. The summed E-state index contributed by atoms with van der Waals surface area (Å²) in [5.74, 6) is -1.50. The Bertz CT molecular complexity index is 554. The number of carboxylic acid groups (broad SMARTS) is 1. The van der Waals surface area contributed by atoms with Crippen molar-refractivity contribution >= 4 is 16.4 Å². The van der Waals surface area contributed by atoms with E-state index >= 15 is 0 Å². The second-order valence-electron chi connectivity index (χ2n) is 7.80. The van der Waals surface area contributed by atoms with Crippen LogP contribution in [0.25, 0.3) is 0 Å². The predicted octanol–water partition coefficient (Wildman–Crippen LogP) is 1.41. The number of aliphatic hydroxyl groups is 4. The molecule has 11 heteroatoms. The van der Waals surface area contributed by atoms with E-state index in [1.54, 1.807) is 0 Å². The largest absolute Gasteiger partial charge is 0.479 e. The van der Waals surface area contributed by atoms with Gasteiger partial charge in [-0.15, -0.1) is 0 Å². The van der Waals surface area contributed by atoms with E-state index in [9.17, 15) is 18.3 Å². The summed E-state index contributed by atoms with van der Waals surface area (Å²) in [5.41, 5.74) is -2.14. The molecule has 1 saturated carbocycles. The molecule has 6 N–H and O–H groups in total. The molecule has 1 rings (SSSR count). The average Bonchev–Trinajstić information content (AvgIpc) is 2.63. The number of carbonyl (C=O) groups is 1. The van der Waals surface area contributed by atoms with Crippen molar-refractivity contribution in [1.29, 1.82) is 0 Å². The zero-order chi connectivity index (χ0) is 23.2. The second kappa shape index (κ2) is 15.1. The first-order valence-corrected chi connectivity index (χ1v) is 11.9. The van der Waals surface area contributed by atoms with Crippen molar-refractivity contribution in [3.8, 4) is 0 Å². The standard InChI is InChI=1S/C12H26O4S.C7H12O6/c1-2-3-4-5-6-7-8-9-10-11-12-16-17(13,14)15;8-3-1-7(13,6(11)12)2-4(9)5(3)10/h2-12H2,1H3,(H,13,14,15);3-5,8-10,13H,1-2H2,(H,11,12)/t;3-,4-,5?,7?/m.1/s1. The van der Waals surface area contributed by atoms with Crippen molar-refractivity contribution in [2.24, 2.45) is 0 Å². The first-order valence-electron chi connectivity index (χ1n) is 10.5. The van der Waals surface area contributed by atoms with Crippen molar-refractivity contribution in [2.45, 2.75) is 108 Å².